The van der Waals surface area contributed by atoms with Crippen molar-refractivity contribution in [1.29, 1.82) is 0 Å². The molecule has 0 bridgehead atoms. The second-order valence-corrected chi connectivity index (χ2v) is 5.81. The monoisotopic (exact) mass is 323 g/mol. The van der Waals surface area contributed by atoms with Gasteiger partial charge in [0, 0.05) is 11.5 Å². The van der Waals surface area contributed by atoms with Gasteiger partial charge in [0.05, 0.1) is 6.20 Å². The molecule has 3 heterocycles. The van der Waals surface area contributed by atoms with Crippen LogP contribution in [-0.4, -0.2) is 14.6 Å². The van der Waals surface area contributed by atoms with E-state index in [4.69, 9.17) is 4.42 Å². The number of alkyl halides is 1. The van der Waals surface area contributed by atoms with Gasteiger partial charge in [0.2, 0.25) is 4.96 Å². The number of imidazole rings is 1. The predicted octanol–water partition coefficient (Wildman–Crippen LogP) is 4.51. The molecule has 0 aliphatic rings. The molecule has 4 nitrogen and oxygen atoms in total. The molecule has 0 unspecified atom stereocenters. The third kappa shape index (κ3) is 1.98. The summed E-state index contributed by atoms with van der Waals surface area (Å²) in [5.74, 6) is -1.54. The molecule has 0 saturated heterocycles. The molecule has 3 aromatic heterocycles. The molecule has 0 aliphatic carbocycles. The fourth-order valence-corrected chi connectivity index (χ4v) is 2.96. The van der Waals surface area contributed by atoms with Gasteiger partial charge in [0.1, 0.15) is 11.3 Å². The fourth-order valence-electron chi connectivity index (χ4n) is 2.16. The highest BCUT2D eigenvalue weighted by molar-refractivity contribution is 7.16. The predicted molar refractivity (Wildman–Crippen MR) is 75.5 cm³/mol. The summed E-state index contributed by atoms with van der Waals surface area (Å²) in [7, 11) is 0. The fraction of sp³-hybridized carbons (Fsp3) is 0.143. The highest BCUT2D eigenvalue weighted by Gasteiger charge is 2.16. The molecule has 1 atom stereocenters. The quantitative estimate of drug-likeness (QED) is 0.545. The van der Waals surface area contributed by atoms with Crippen LogP contribution in [0.1, 0.15) is 18.1 Å². The van der Waals surface area contributed by atoms with Crippen molar-refractivity contribution in [3.8, 4) is 11.5 Å². The van der Waals surface area contributed by atoms with Crippen LogP contribution in [0.2, 0.25) is 0 Å². The highest BCUT2D eigenvalue weighted by Crippen LogP contribution is 2.30. The minimum absolute atomic E-state index is 0.233. The van der Waals surface area contributed by atoms with Crippen LogP contribution >= 0.6 is 11.3 Å². The summed E-state index contributed by atoms with van der Waals surface area (Å²) in [5, 5.41) is 4.85. The molecule has 0 spiro atoms. The van der Waals surface area contributed by atoms with Crippen molar-refractivity contribution in [3.63, 3.8) is 0 Å². The van der Waals surface area contributed by atoms with E-state index in [-0.39, 0.29) is 5.58 Å². The SMILES string of the molecule is C[C@H](F)c1nn2cc(-c3cc4cc(F)c(F)cc4o3)nc2s1. The average Bonchev–Trinajstić information content (AvgIpc) is 3.10. The molecule has 1 aromatic carbocycles. The van der Waals surface area contributed by atoms with Crippen molar-refractivity contribution in [1.82, 2.24) is 14.6 Å². The van der Waals surface area contributed by atoms with Gasteiger partial charge in [-0.1, -0.05) is 11.3 Å². The second-order valence-electron chi connectivity index (χ2n) is 4.82. The number of benzene rings is 1. The molecule has 0 fully saturated rings. The Labute approximate surface area is 125 Å². The van der Waals surface area contributed by atoms with E-state index in [1.807, 2.05) is 0 Å². The van der Waals surface area contributed by atoms with E-state index >= 15 is 0 Å². The molecule has 22 heavy (non-hydrogen) atoms. The number of rotatable bonds is 2. The van der Waals surface area contributed by atoms with Crippen molar-refractivity contribution < 1.29 is 17.6 Å². The summed E-state index contributed by atoms with van der Waals surface area (Å²) in [4.78, 5) is 4.82. The summed E-state index contributed by atoms with van der Waals surface area (Å²) in [6.45, 7) is 1.40. The summed E-state index contributed by atoms with van der Waals surface area (Å²) >= 11 is 1.14. The zero-order chi connectivity index (χ0) is 15.4. The molecule has 0 radical (unpaired) electrons. The standard InChI is InChI=1S/C14H8F3N3OS/c1-6(15)13-19-20-5-10(18-14(20)22-13)12-3-7-2-8(16)9(17)4-11(7)21-12/h2-6H,1H3/t6-/m0/s1. The molecular formula is C14H8F3N3OS. The van der Waals surface area contributed by atoms with Crippen LogP contribution in [0.3, 0.4) is 0 Å². The van der Waals surface area contributed by atoms with Gasteiger partial charge in [-0.2, -0.15) is 5.10 Å². The lowest BCUT2D eigenvalue weighted by molar-refractivity contribution is 0.370. The first-order chi connectivity index (χ1) is 10.5. The number of fused-ring (bicyclic) bond motifs is 2. The van der Waals surface area contributed by atoms with Gasteiger partial charge in [-0.15, -0.1) is 0 Å². The Kier molecular flexibility index (Phi) is 2.77. The van der Waals surface area contributed by atoms with Crippen molar-refractivity contribution in [3.05, 3.63) is 41.0 Å². The largest absolute Gasteiger partial charge is 0.454 e. The van der Waals surface area contributed by atoms with E-state index in [1.54, 1.807) is 12.3 Å². The van der Waals surface area contributed by atoms with Gasteiger partial charge >= 0.3 is 0 Å². The minimum atomic E-state index is -1.16. The van der Waals surface area contributed by atoms with Gasteiger partial charge in [0.25, 0.3) is 0 Å². The third-order valence-electron chi connectivity index (χ3n) is 3.21. The molecule has 0 N–H and O–H groups in total. The van der Waals surface area contributed by atoms with E-state index in [9.17, 15) is 13.2 Å². The van der Waals surface area contributed by atoms with Gasteiger partial charge in [-0.3, -0.25) is 0 Å². The van der Waals surface area contributed by atoms with Crippen molar-refractivity contribution in [2.45, 2.75) is 13.1 Å². The summed E-state index contributed by atoms with van der Waals surface area (Å²) in [5.41, 5.74) is 0.699. The van der Waals surface area contributed by atoms with Crippen LogP contribution in [0.15, 0.2) is 28.8 Å². The maximum Gasteiger partial charge on any atom is 0.212 e. The Balaban J connectivity index is 1.82. The number of halogens is 3. The minimum Gasteiger partial charge on any atom is -0.454 e. The second kappa shape index (κ2) is 4.57. The number of aromatic nitrogens is 3. The maximum absolute atomic E-state index is 13.2. The van der Waals surface area contributed by atoms with E-state index in [1.165, 1.54) is 11.4 Å². The molecular weight excluding hydrogens is 315 g/mol. The van der Waals surface area contributed by atoms with E-state index in [0.717, 1.165) is 23.5 Å². The molecule has 0 amide bonds. The number of hydrogen-bond donors (Lipinski definition) is 0. The van der Waals surface area contributed by atoms with Gasteiger partial charge in [-0.25, -0.2) is 22.7 Å². The van der Waals surface area contributed by atoms with Crippen LogP contribution in [0.5, 0.6) is 0 Å². The summed E-state index contributed by atoms with van der Waals surface area (Å²) in [6, 6.07) is 3.63. The maximum atomic E-state index is 13.2. The van der Waals surface area contributed by atoms with Crippen molar-refractivity contribution in [2.75, 3.05) is 0 Å². The molecule has 4 rings (SSSR count). The number of furan rings is 1. The molecule has 0 aliphatic heterocycles. The van der Waals surface area contributed by atoms with Gasteiger partial charge in [0.15, 0.2) is 28.6 Å². The van der Waals surface area contributed by atoms with Gasteiger partial charge in [-0.05, 0) is 19.1 Å². The Morgan fingerprint density at radius 3 is 2.73 bits per heavy atom. The van der Waals surface area contributed by atoms with Gasteiger partial charge < -0.3 is 4.42 Å². The zero-order valence-electron chi connectivity index (χ0n) is 11.2. The highest BCUT2D eigenvalue weighted by atomic mass is 32.1. The normalized spacial score (nSPS) is 13.3. The lowest BCUT2D eigenvalue weighted by Gasteiger charge is -1.91. The molecule has 8 heteroatoms. The topological polar surface area (TPSA) is 43.3 Å². The molecule has 112 valence electrons. The number of nitrogens with zero attached hydrogens (tertiary/aromatic N) is 3. The summed E-state index contributed by atoms with van der Waals surface area (Å²) < 4.78 is 46.6. The van der Waals surface area contributed by atoms with Crippen LogP contribution < -0.4 is 0 Å². The van der Waals surface area contributed by atoms with Crippen molar-refractivity contribution in [2.24, 2.45) is 0 Å². The summed E-state index contributed by atoms with van der Waals surface area (Å²) in [6.07, 6.45) is 0.426. The zero-order valence-corrected chi connectivity index (χ0v) is 12.0. The molecule has 4 aromatic rings. The van der Waals surface area contributed by atoms with E-state index < -0.39 is 17.8 Å². The Morgan fingerprint density at radius 1 is 1.23 bits per heavy atom. The molecule has 0 saturated carbocycles. The average molecular weight is 323 g/mol. The third-order valence-corrected chi connectivity index (χ3v) is 4.29. The van der Waals surface area contributed by atoms with Crippen LogP contribution in [0.25, 0.3) is 27.4 Å². The Bertz CT molecular complexity index is 931. The first kappa shape index (κ1) is 13.3. The van der Waals surface area contributed by atoms with Crippen molar-refractivity contribution >= 4 is 27.3 Å². The number of hydrogen-bond acceptors (Lipinski definition) is 4. The Hall–Kier alpha value is -2.35. The Morgan fingerprint density at radius 2 is 2.00 bits per heavy atom. The smallest absolute Gasteiger partial charge is 0.212 e. The van der Waals surface area contributed by atoms with E-state index in [0.29, 0.717) is 26.8 Å². The van der Waals surface area contributed by atoms with Crippen LogP contribution in [0, 0.1) is 11.6 Å². The van der Waals surface area contributed by atoms with Crippen LogP contribution in [-0.2, 0) is 0 Å². The van der Waals surface area contributed by atoms with E-state index in [2.05, 4.69) is 10.1 Å². The lowest BCUT2D eigenvalue weighted by atomic mass is 10.2. The lowest BCUT2D eigenvalue weighted by Crippen LogP contribution is -1.86. The first-order valence-electron chi connectivity index (χ1n) is 6.40. The van der Waals surface area contributed by atoms with Crippen LogP contribution in [0.4, 0.5) is 13.2 Å². The first-order valence-corrected chi connectivity index (χ1v) is 7.22.